The topological polar surface area (TPSA) is 75.2 Å². The highest BCUT2D eigenvalue weighted by Gasteiger charge is 2.21. The van der Waals surface area contributed by atoms with E-state index in [1.54, 1.807) is 11.8 Å². The normalized spacial score (nSPS) is 11.8. The third-order valence-corrected chi connectivity index (χ3v) is 2.84. The van der Waals surface area contributed by atoms with Crippen molar-refractivity contribution in [2.75, 3.05) is 13.1 Å². The van der Waals surface area contributed by atoms with Gasteiger partial charge in [-0.1, -0.05) is 11.6 Å². The van der Waals surface area contributed by atoms with Gasteiger partial charge < -0.3 is 10.2 Å². The summed E-state index contributed by atoms with van der Waals surface area (Å²) in [5, 5.41) is 2.80. The number of halogens is 1. The predicted molar refractivity (Wildman–Crippen MR) is 71.9 cm³/mol. The number of likely N-dealkylation sites (N-methyl/N-ethyl adjacent to an activating group) is 1. The number of aromatic nitrogens is 2. The third-order valence-electron chi connectivity index (χ3n) is 2.65. The Labute approximate surface area is 117 Å². The van der Waals surface area contributed by atoms with E-state index in [0.29, 0.717) is 13.1 Å². The Hall–Kier alpha value is -1.69. The largest absolute Gasteiger partial charge is 0.341 e. The van der Waals surface area contributed by atoms with Crippen LogP contribution in [-0.4, -0.2) is 45.8 Å². The van der Waals surface area contributed by atoms with Gasteiger partial charge in [-0.25, -0.2) is 9.97 Å². The van der Waals surface area contributed by atoms with E-state index >= 15 is 0 Å². The lowest BCUT2D eigenvalue weighted by Crippen LogP contribution is -2.47. The fourth-order valence-electron chi connectivity index (χ4n) is 1.57. The third kappa shape index (κ3) is 4.17. The fraction of sp³-hybridized carbons (Fsp3) is 0.500. The zero-order valence-corrected chi connectivity index (χ0v) is 11.9. The first-order chi connectivity index (χ1) is 8.99. The summed E-state index contributed by atoms with van der Waals surface area (Å²) >= 11 is 5.59. The molecule has 1 atom stereocenters. The monoisotopic (exact) mass is 284 g/mol. The summed E-state index contributed by atoms with van der Waals surface area (Å²) in [6, 6.07) is -0.607. The summed E-state index contributed by atoms with van der Waals surface area (Å²) in [6.45, 7) is 6.63. The van der Waals surface area contributed by atoms with Gasteiger partial charge in [-0.2, -0.15) is 0 Å². The van der Waals surface area contributed by atoms with Crippen molar-refractivity contribution >= 4 is 23.4 Å². The van der Waals surface area contributed by atoms with E-state index in [1.807, 2.05) is 13.8 Å². The van der Waals surface area contributed by atoms with Crippen molar-refractivity contribution in [1.29, 1.82) is 0 Å². The molecule has 1 rings (SSSR count). The molecule has 0 bridgehead atoms. The first-order valence-corrected chi connectivity index (χ1v) is 6.44. The molecule has 1 aromatic rings. The number of amides is 2. The molecule has 0 aromatic carbocycles. The van der Waals surface area contributed by atoms with Crippen LogP contribution in [0.2, 0.25) is 5.15 Å². The lowest BCUT2D eigenvalue weighted by Gasteiger charge is -2.23. The fourth-order valence-corrected chi connectivity index (χ4v) is 1.67. The quantitative estimate of drug-likeness (QED) is 0.879. The Balaban J connectivity index is 2.66. The van der Waals surface area contributed by atoms with Crippen molar-refractivity contribution in [2.24, 2.45) is 0 Å². The molecule has 1 unspecified atom stereocenters. The number of hydrogen-bond donors (Lipinski definition) is 1. The van der Waals surface area contributed by atoms with Gasteiger partial charge in [0, 0.05) is 13.1 Å². The molecule has 0 saturated heterocycles. The van der Waals surface area contributed by atoms with Crippen LogP contribution in [0, 0.1) is 0 Å². The minimum absolute atomic E-state index is 0.125. The Morgan fingerprint density at radius 1 is 1.32 bits per heavy atom. The minimum Gasteiger partial charge on any atom is -0.341 e. The molecule has 1 N–H and O–H groups in total. The maximum Gasteiger partial charge on any atom is 0.272 e. The van der Waals surface area contributed by atoms with Gasteiger partial charge in [-0.05, 0) is 20.8 Å². The van der Waals surface area contributed by atoms with Crippen molar-refractivity contribution in [3.05, 3.63) is 23.2 Å². The summed E-state index contributed by atoms with van der Waals surface area (Å²) in [6.07, 6.45) is 2.56. The average Bonchev–Trinajstić information content (AvgIpc) is 2.40. The van der Waals surface area contributed by atoms with Gasteiger partial charge in [-0.3, -0.25) is 9.59 Å². The van der Waals surface area contributed by atoms with Crippen LogP contribution in [-0.2, 0) is 4.79 Å². The minimum atomic E-state index is -0.607. The van der Waals surface area contributed by atoms with Crippen LogP contribution in [0.3, 0.4) is 0 Å². The number of nitrogens with one attached hydrogen (secondary N) is 1. The van der Waals surface area contributed by atoms with Crippen LogP contribution in [0.4, 0.5) is 0 Å². The highest BCUT2D eigenvalue weighted by atomic mass is 35.5. The van der Waals surface area contributed by atoms with Gasteiger partial charge >= 0.3 is 0 Å². The highest BCUT2D eigenvalue weighted by molar-refractivity contribution is 6.29. The number of nitrogens with zero attached hydrogens (tertiary/aromatic N) is 3. The SMILES string of the molecule is CCN(CC)C(=O)C(C)NC(=O)c1cnc(Cl)cn1. The molecular weight excluding hydrogens is 268 g/mol. The van der Waals surface area contributed by atoms with Crippen LogP contribution >= 0.6 is 11.6 Å². The lowest BCUT2D eigenvalue weighted by atomic mass is 10.2. The molecule has 0 aliphatic heterocycles. The maximum absolute atomic E-state index is 12.0. The summed E-state index contributed by atoms with van der Waals surface area (Å²) in [5.41, 5.74) is 0.128. The molecule has 7 heteroatoms. The molecule has 0 radical (unpaired) electrons. The summed E-state index contributed by atoms with van der Waals surface area (Å²) in [7, 11) is 0. The molecule has 19 heavy (non-hydrogen) atoms. The van der Waals surface area contributed by atoms with Crippen molar-refractivity contribution in [1.82, 2.24) is 20.2 Å². The number of hydrogen-bond acceptors (Lipinski definition) is 4. The van der Waals surface area contributed by atoms with Crippen LogP contribution < -0.4 is 5.32 Å². The predicted octanol–water partition coefficient (Wildman–Crippen LogP) is 1.12. The van der Waals surface area contributed by atoms with Crippen molar-refractivity contribution in [2.45, 2.75) is 26.8 Å². The Bertz CT molecular complexity index is 446. The highest BCUT2D eigenvalue weighted by Crippen LogP contribution is 2.02. The van der Waals surface area contributed by atoms with Crippen LogP contribution in [0.25, 0.3) is 0 Å². The molecule has 1 heterocycles. The zero-order chi connectivity index (χ0) is 14.4. The molecule has 104 valence electrons. The van der Waals surface area contributed by atoms with E-state index in [-0.39, 0.29) is 16.8 Å². The van der Waals surface area contributed by atoms with E-state index in [0.717, 1.165) is 0 Å². The van der Waals surface area contributed by atoms with Crippen LogP contribution in [0.1, 0.15) is 31.3 Å². The van der Waals surface area contributed by atoms with Crippen LogP contribution in [0.15, 0.2) is 12.4 Å². The first kappa shape index (κ1) is 15.4. The van der Waals surface area contributed by atoms with Gasteiger partial charge in [0.1, 0.15) is 16.9 Å². The molecule has 1 aromatic heterocycles. The summed E-state index contributed by atoms with van der Waals surface area (Å²) in [5.74, 6) is -0.572. The van der Waals surface area contributed by atoms with Gasteiger partial charge in [0.25, 0.3) is 5.91 Å². The molecule has 0 fully saturated rings. The Morgan fingerprint density at radius 2 is 1.95 bits per heavy atom. The van der Waals surface area contributed by atoms with Crippen LogP contribution in [0.5, 0.6) is 0 Å². The van der Waals surface area contributed by atoms with Crippen molar-refractivity contribution in [3.8, 4) is 0 Å². The summed E-state index contributed by atoms with van der Waals surface area (Å²) in [4.78, 5) is 33.1. The van der Waals surface area contributed by atoms with Crippen molar-refractivity contribution in [3.63, 3.8) is 0 Å². The van der Waals surface area contributed by atoms with Gasteiger partial charge in [0.2, 0.25) is 5.91 Å². The van der Waals surface area contributed by atoms with Gasteiger partial charge in [0.05, 0.1) is 12.4 Å². The van der Waals surface area contributed by atoms with E-state index in [2.05, 4.69) is 15.3 Å². The molecule has 6 nitrogen and oxygen atoms in total. The maximum atomic E-state index is 12.0. The van der Waals surface area contributed by atoms with E-state index in [4.69, 9.17) is 11.6 Å². The number of carbonyl (C=O) groups excluding carboxylic acids is 2. The number of rotatable bonds is 5. The second-order valence-electron chi connectivity index (χ2n) is 3.93. The molecule has 0 saturated carbocycles. The van der Waals surface area contributed by atoms with E-state index in [1.165, 1.54) is 12.4 Å². The summed E-state index contributed by atoms with van der Waals surface area (Å²) < 4.78 is 0. The smallest absolute Gasteiger partial charge is 0.272 e. The van der Waals surface area contributed by atoms with E-state index in [9.17, 15) is 9.59 Å². The second-order valence-corrected chi connectivity index (χ2v) is 4.32. The molecule has 2 amide bonds. The Kier molecular flexibility index (Phi) is 5.69. The number of carbonyl (C=O) groups is 2. The lowest BCUT2D eigenvalue weighted by molar-refractivity contribution is -0.132. The Morgan fingerprint density at radius 3 is 2.42 bits per heavy atom. The molecular formula is C12H17ClN4O2. The standard InChI is InChI=1S/C12H17ClN4O2/c1-4-17(5-2)12(19)8(3)16-11(18)9-6-15-10(13)7-14-9/h6-8H,4-5H2,1-3H3,(H,16,18). The first-order valence-electron chi connectivity index (χ1n) is 6.06. The van der Waals surface area contributed by atoms with Gasteiger partial charge in [-0.15, -0.1) is 0 Å². The average molecular weight is 285 g/mol. The second kappa shape index (κ2) is 7.04. The van der Waals surface area contributed by atoms with Gasteiger partial charge in [0.15, 0.2) is 0 Å². The molecule has 0 aliphatic carbocycles. The zero-order valence-electron chi connectivity index (χ0n) is 11.2. The van der Waals surface area contributed by atoms with E-state index < -0.39 is 11.9 Å². The van der Waals surface area contributed by atoms with Crippen molar-refractivity contribution < 1.29 is 9.59 Å². The molecule has 0 spiro atoms. The molecule has 0 aliphatic rings.